The third-order valence-corrected chi connectivity index (χ3v) is 7.82. The first-order valence-corrected chi connectivity index (χ1v) is 11.9. The number of fused-ring (bicyclic) bond motifs is 1. The summed E-state index contributed by atoms with van der Waals surface area (Å²) in [6.07, 6.45) is 2.27. The zero-order valence-electron chi connectivity index (χ0n) is 18.3. The van der Waals surface area contributed by atoms with Crippen LogP contribution in [0.25, 0.3) is 5.57 Å². The number of anilines is 1. The highest BCUT2D eigenvalue weighted by Crippen LogP contribution is 2.42. The van der Waals surface area contributed by atoms with Crippen LogP contribution in [0.3, 0.4) is 0 Å². The van der Waals surface area contributed by atoms with Gasteiger partial charge in [-0.3, -0.25) is 4.79 Å². The Balaban J connectivity index is 1.64. The van der Waals surface area contributed by atoms with Gasteiger partial charge < -0.3 is 24.3 Å². The molecule has 0 aromatic heterocycles. The fourth-order valence-electron chi connectivity index (χ4n) is 3.84. The van der Waals surface area contributed by atoms with Crippen molar-refractivity contribution in [1.29, 1.82) is 0 Å². The lowest BCUT2D eigenvalue weighted by Crippen LogP contribution is -2.35. The van der Waals surface area contributed by atoms with E-state index < -0.39 is 10.0 Å². The molecular weight excluding hydrogens is 472 g/mol. The lowest BCUT2D eigenvalue weighted by Gasteiger charge is -2.28. The van der Waals surface area contributed by atoms with Gasteiger partial charge >= 0.3 is 0 Å². The van der Waals surface area contributed by atoms with Crippen LogP contribution >= 0.6 is 11.6 Å². The third-order valence-electron chi connectivity index (χ3n) is 5.49. The summed E-state index contributed by atoms with van der Waals surface area (Å²) >= 11 is 6.27. The van der Waals surface area contributed by atoms with Gasteiger partial charge in [-0.25, -0.2) is 8.42 Å². The average Bonchev–Trinajstić information content (AvgIpc) is 2.82. The van der Waals surface area contributed by atoms with E-state index in [0.29, 0.717) is 29.4 Å². The monoisotopic (exact) mass is 494 g/mol. The lowest BCUT2D eigenvalue weighted by molar-refractivity contribution is -0.118. The smallest absolute Gasteiger partial charge is 0.262 e. The van der Waals surface area contributed by atoms with E-state index in [1.165, 1.54) is 16.4 Å². The van der Waals surface area contributed by atoms with Gasteiger partial charge in [0.1, 0.15) is 27.9 Å². The first-order chi connectivity index (χ1) is 15.8. The molecule has 2 aromatic rings. The van der Waals surface area contributed by atoms with Crippen LogP contribution < -0.4 is 24.3 Å². The first kappa shape index (κ1) is 23.2. The van der Waals surface area contributed by atoms with E-state index in [0.717, 1.165) is 11.1 Å². The minimum Gasteiger partial charge on any atom is -0.496 e. The number of amides is 1. The molecule has 11 heteroatoms. The number of carbonyl (C=O) groups excluding carboxylic acids is 1. The molecule has 176 valence electrons. The van der Waals surface area contributed by atoms with Crippen molar-refractivity contribution in [3.63, 3.8) is 0 Å². The molecule has 2 aliphatic rings. The molecule has 2 aliphatic heterocycles. The van der Waals surface area contributed by atoms with Crippen molar-refractivity contribution in [2.75, 3.05) is 46.3 Å². The van der Waals surface area contributed by atoms with E-state index in [1.807, 2.05) is 6.08 Å². The summed E-state index contributed by atoms with van der Waals surface area (Å²) in [6, 6.07) is 6.25. The van der Waals surface area contributed by atoms with Crippen LogP contribution in [-0.4, -0.2) is 59.7 Å². The molecule has 4 rings (SSSR count). The van der Waals surface area contributed by atoms with E-state index in [1.54, 1.807) is 33.5 Å². The Kier molecular flexibility index (Phi) is 6.42. The van der Waals surface area contributed by atoms with Crippen LogP contribution in [0.2, 0.25) is 5.02 Å². The molecule has 2 heterocycles. The molecule has 9 nitrogen and oxygen atoms in total. The van der Waals surface area contributed by atoms with Gasteiger partial charge in [0.25, 0.3) is 5.91 Å². The van der Waals surface area contributed by atoms with E-state index in [2.05, 4.69) is 5.32 Å². The molecule has 0 saturated carbocycles. The summed E-state index contributed by atoms with van der Waals surface area (Å²) in [6.45, 7) is 0.188. The van der Waals surface area contributed by atoms with Crippen molar-refractivity contribution in [2.24, 2.45) is 0 Å². The standard InChI is InChI=1S/C22H23ClN2O7S/c1-29-14-8-18(30-2)22(19(9-14)31-3)13-4-6-25(7-5-13)33(27,28)20-11-17-16(10-15(20)23)24-21(26)12-32-17/h4,8-11H,5-7,12H2,1-3H3,(H,24,26). The van der Waals surface area contributed by atoms with Crippen LogP contribution in [-0.2, 0) is 14.8 Å². The number of sulfonamides is 1. The van der Waals surface area contributed by atoms with Crippen molar-refractivity contribution in [1.82, 2.24) is 4.31 Å². The molecule has 0 radical (unpaired) electrons. The lowest BCUT2D eigenvalue weighted by atomic mass is 9.98. The number of methoxy groups -OCH3 is 3. The summed E-state index contributed by atoms with van der Waals surface area (Å²) in [7, 11) is 0.763. The van der Waals surface area contributed by atoms with E-state index >= 15 is 0 Å². The van der Waals surface area contributed by atoms with Crippen LogP contribution in [0.1, 0.15) is 12.0 Å². The topological polar surface area (TPSA) is 103 Å². The molecule has 0 aliphatic carbocycles. The number of nitrogens with one attached hydrogen (secondary N) is 1. The second-order valence-corrected chi connectivity index (χ2v) is 9.68. The largest absolute Gasteiger partial charge is 0.496 e. The van der Waals surface area contributed by atoms with Crippen molar-refractivity contribution in [3.05, 3.63) is 40.9 Å². The number of carbonyl (C=O) groups is 1. The molecule has 0 unspecified atom stereocenters. The second kappa shape index (κ2) is 9.12. The summed E-state index contributed by atoms with van der Waals surface area (Å²) in [5, 5.41) is 2.62. The summed E-state index contributed by atoms with van der Waals surface area (Å²) in [5.74, 6) is 1.68. The van der Waals surface area contributed by atoms with Crippen molar-refractivity contribution < 1.29 is 32.2 Å². The minimum absolute atomic E-state index is 0.00724. The summed E-state index contributed by atoms with van der Waals surface area (Å²) in [5.41, 5.74) is 2.00. The molecule has 2 aromatic carbocycles. The number of benzene rings is 2. The average molecular weight is 495 g/mol. The van der Waals surface area contributed by atoms with E-state index in [-0.39, 0.29) is 41.3 Å². The minimum atomic E-state index is -3.91. The molecular formula is C22H23ClN2O7S. The van der Waals surface area contributed by atoms with Gasteiger partial charge in [0.2, 0.25) is 10.0 Å². The highest BCUT2D eigenvalue weighted by Gasteiger charge is 2.32. The fraction of sp³-hybridized carbons (Fsp3) is 0.318. The predicted octanol–water partition coefficient (Wildman–Crippen LogP) is 3.17. The summed E-state index contributed by atoms with van der Waals surface area (Å²) < 4.78 is 49.7. The number of hydrogen-bond acceptors (Lipinski definition) is 7. The number of rotatable bonds is 6. The zero-order valence-corrected chi connectivity index (χ0v) is 19.9. The van der Waals surface area contributed by atoms with Crippen LogP contribution in [0, 0.1) is 0 Å². The third kappa shape index (κ3) is 4.33. The number of hydrogen-bond donors (Lipinski definition) is 1. The molecule has 1 amide bonds. The molecule has 0 spiro atoms. The molecule has 0 bridgehead atoms. The Morgan fingerprint density at radius 1 is 1.06 bits per heavy atom. The predicted molar refractivity (Wildman–Crippen MR) is 123 cm³/mol. The maximum Gasteiger partial charge on any atom is 0.262 e. The fourth-order valence-corrected chi connectivity index (χ4v) is 5.73. The maximum atomic E-state index is 13.3. The Morgan fingerprint density at radius 2 is 1.76 bits per heavy atom. The number of halogens is 1. The Labute approximate surface area is 196 Å². The van der Waals surface area contributed by atoms with Crippen LogP contribution in [0.4, 0.5) is 5.69 Å². The zero-order chi connectivity index (χ0) is 23.8. The van der Waals surface area contributed by atoms with Crippen molar-refractivity contribution in [2.45, 2.75) is 11.3 Å². The van der Waals surface area contributed by atoms with Gasteiger partial charge in [-0.1, -0.05) is 17.7 Å². The summed E-state index contributed by atoms with van der Waals surface area (Å²) in [4.78, 5) is 11.4. The van der Waals surface area contributed by atoms with E-state index in [4.69, 9.17) is 30.5 Å². The first-order valence-electron chi connectivity index (χ1n) is 10.0. The molecule has 0 saturated heterocycles. The van der Waals surface area contributed by atoms with Gasteiger partial charge in [0.05, 0.1) is 37.6 Å². The number of ether oxygens (including phenoxy) is 4. The highest BCUT2D eigenvalue weighted by molar-refractivity contribution is 7.89. The van der Waals surface area contributed by atoms with Gasteiger partial charge in [-0.05, 0) is 18.1 Å². The Morgan fingerprint density at radius 3 is 2.33 bits per heavy atom. The highest BCUT2D eigenvalue weighted by atomic mass is 35.5. The van der Waals surface area contributed by atoms with Crippen LogP contribution in [0.5, 0.6) is 23.0 Å². The normalized spacial score (nSPS) is 16.2. The molecule has 1 N–H and O–H groups in total. The van der Waals surface area contributed by atoms with Gasteiger partial charge in [-0.15, -0.1) is 0 Å². The SMILES string of the molecule is COc1cc(OC)c(C2=CCN(S(=O)(=O)c3cc4c(cc3Cl)NC(=O)CO4)CC2)c(OC)c1. The second-order valence-electron chi connectivity index (χ2n) is 7.36. The molecule has 0 atom stereocenters. The van der Waals surface area contributed by atoms with Gasteiger partial charge in [0, 0.05) is 31.3 Å². The Hall–Kier alpha value is -2.95. The maximum absolute atomic E-state index is 13.3. The van der Waals surface area contributed by atoms with E-state index in [9.17, 15) is 13.2 Å². The van der Waals surface area contributed by atoms with Crippen molar-refractivity contribution in [3.8, 4) is 23.0 Å². The quantitative estimate of drug-likeness (QED) is 0.657. The van der Waals surface area contributed by atoms with Crippen LogP contribution in [0.15, 0.2) is 35.2 Å². The number of nitrogens with zero attached hydrogens (tertiary/aromatic N) is 1. The van der Waals surface area contributed by atoms with Gasteiger partial charge in [-0.2, -0.15) is 4.31 Å². The molecule has 33 heavy (non-hydrogen) atoms. The van der Waals surface area contributed by atoms with Crippen molar-refractivity contribution >= 4 is 38.8 Å². The van der Waals surface area contributed by atoms with Gasteiger partial charge in [0.15, 0.2) is 6.61 Å². The molecule has 0 fully saturated rings. The Bertz CT molecular complexity index is 1220.